The summed E-state index contributed by atoms with van der Waals surface area (Å²) in [5.74, 6) is 0.856. The molecule has 0 saturated heterocycles. The van der Waals surface area contributed by atoms with Crippen molar-refractivity contribution >= 4 is 6.03 Å². The molecule has 0 aliphatic heterocycles. The van der Waals surface area contributed by atoms with E-state index < -0.39 is 0 Å². The van der Waals surface area contributed by atoms with Crippen LogP contribution in [0.25, 0.3) is 0 Å². The predicted octanol–water partition coefficient (Wildman–Crippen LogP) is 4.87. The van der Waals surface area contributed by atoms with Gasteiger partial charge in [-0.25, -0.2) is 4.79 Å². The Hall–Kier alpha value is -2.49. The number of urea groups is 1. The molecule has 0 spiro atoms. The minimum atomic E-state index is -0.0610. The number of carbonyl (C=O) groups excluding carboxylic acids is 1. The van der Waals surface area contributed by atoms with Crippen LogP contribution >= 0.6 is 0 Å². The molecule has 2 aromatic rings. The third-order valence-corrected chi connectivity index (χ3v) is 5.21. The van der Waals surface area contributed by atoms with Gasteiger partial charge >= 0.3 is 6.03 Å². The maximum Gasteiger partial charge on any atom is 0.317 e. The van der Waals surface area contributed by atoms with Crippen molar-refractivity contribution in [2.75, 3.05) is 13.7 Å². The summed E-state index contributed by atoms with van der Waals surface area (Å²) in [6, 6.07) is 14.5. The Bertz CT molecular complexity index is 770. The van der Waals surface area contributed by atoms with E-state index in [0.29, 0.717) is 13.2 Å². The fraction of sp³-hybridized carbons (Fsp3) is 0.435. The maximum atomic E-state index is 12.6. The molecule has 1 N–H and O–H groups in total. The van der Waals surface area contributed by atoms with E-state index in [4.69, 9.17) is 4.74 Å². The topological polar surface area (TPSA) is 41.6 Å². The molecule has 1 unspecified atom stereocenters. The van der Waals surface area contributed by atoms with Crippen LogP contribution in [0.2, 0.25) is 0 Å². The SMILES string of the molecule is CCOc1ccc(CN(C)C(=O)NC(C)c2ccc3c(c2)CCCC3)cc1. The van der Waals surface area contributed by atoms with Gasteiger partial charge in [-0.05, 0) is 73.9 Å². The second-order valence-electron chi connectivity index (χ2n) is 7.34. The molecule has 1 aliphatic rings. The third-order valence-electron chi connectivity index (χ3n) is 5.21. The molecule has 0 aromatic heterocycles. The van der Waals surface area contributed by atoms with Crippen LogP contribution in [-0.4, -0.2) is 24.6 Å². The summed E-state index contributed by atoms with van der Waals surface area (Å²) >= 11 is 0. The number of hydrogen-bond acceptors (Lipinski definition) is 2. The first-order chi connectivity index (χ1) is 13.1. The molecule has 4 nitrogen and oxygen atoms in total. The van der Waals surface area contributed by atoms with E-state index in [1.807, 2.05) is 45.2 Å². The molecule has 144 valence electrons. The molecule has 4 heteroatoms. The van der Waals surface area contributed by atoms with Gasteiger partial charge in [-0.15, -0.1) is 0 Å². The Morgan fingerprint density at radius 2 is 1.81 bits per heavy atom. The lowest BCUT2D eigenvalue weighted by Gasteiger charge is -2.23. The van der Waals surface area contributed by atoms with Crippen LogP contribution in [0, 0.1) is 0 Å². The monoisotopic (exact) mass is 366 g/mol. The van der Waals surface area contributed by atoms with E-state index in [1.54, 1.807) is 4.90 Å². The van der Waals surface area contributed by atoms with Crippen molar-refractivity contribution in [2.45, 2.75) is 52.1 Å². The number of hydrogen-bond donors (Lipinski definition) is 1. The van der Waals surface area contributed by atoms with Gasteiger partial charge in [-0.2, -0.15) is 0 Å². The zero-order chi connectivity index (χ0) is 19.2. The zero-order valence-corrected chi connectivity index (χ0v) is 16.6. The lowest BCUT2D eigenvalue weighted by atomic mass is 9.89. The smallest absolute Gasteiger partial charge is 0.317 e. The van der Waals surface area contributed by atoms with Crippen LogP contribution in [-0.2, 0) is 19.4 Å². The molecule has 1 aliphatic carbocycles. The Morgan fingerprint density at radius 3 is 2.52 bits per heavy atom. The lowest BCUT2D eigenvalue weighted by Crippen LogP contribution is -2.38. The van der Waals surface area contributed by atoms with Crippen molar-refractivity contribution in [1.82, 2.24) is 10.2 Å². The summed E-state index contributed by atoms with van der Waals surface area (Å²) < 4.78 is 5.46. The van der Waals surface area contributed by atoms with Gasteiger partial charge in [0.05, 0.1) is 12.6 Å². The normalized spacial score (nSPS) is 14.2. The Morgan fingerprint density at radius 1 is 1.11 bits per heavy atom. The highest BCUT2D eigenvalue weighted by Crippen LogP contribution is 2.25. The van der Waals surface area contributed by atoms with Crippen LogP contribution in [0.1, 0.15) is 55.0 Å². The van der Waals surface area contributed by atoms with Crippen molar-refractivity contribution in [3.8, 4) is 5.75 Å². The van der Waals surface area contributed by atoms with Gasteiger partial charge in [0.2, 0.25) is 0 Å². The second-order valence-corrected chi connectivity index (χ2v) is 7.34. The number of rotatable bonds is 6. The highest BCUT2D eigenvalue weighted by atomic mass is 16.5. The van der Waals surface area contributed by atoms with Crippen molar-refractivity contribution in [3.05, 3.63) is 64.7 Å². The van der Waals surface area contributed by atoms with Crippen molar-refractivity contribution in [1.29, 1.82) is 0 Å². The van der Waals surface area contributed by atoms with E-state index >= 15 is 0 Å². The van der Waals surface area contributed by atoms with Gasteiger partial charge in [0, 0.05) is 13.6 Å². The minimum Gasteiger partial charge on any atom is -0.494 e. The summed E-state index contributed by atoms with van der Waals surface area (Å²) in [6.07, 6.45) is 4.89. The molecule has 0 fully saturated rings. The highest BCUT2D eigenvalue weighted by molar-refractivity contribution is 5.74. The summed E-state index contributed by atoms with van der Waals surface area (Å²) in [7, 11) is 1.82. The third kappa shape index (κ3) is 5.03. The van der Waals surface area contributed by atoms with Crippen molar-refractivity contribution in [3.63, 3.8) is 0 Å². The van der Waals surface area contributed by atoms with Crippen molar-refractivity contribution < 1.29 is 9.53 Å². The van der Waals surface area contributed by atoms with Crippen molar-refractivity contribution in [2.24, 2.45) is 0 Å². The molecule has 3 rings (SSSR count). The average Bonchev–Trinajstić information content (AvgIpc) is 2.69. The molecule has 2 amide bonds. The first-order valence-electron chi connectivity index (χ1n) is 9.92. The number of aryl methyl sites for hydroxylation is 2. The summed E-state index contributed by atoms with van der Waals surface area (Å²) in [6.45, 7) is 5.24. The zero-order valence-electron chi connectivity index (χ0n) is 16.6. The second kappa shape index (κ2) is 8.94. The summed E-state index contributed by atoms with van der Waals surface area (Å²) in [5.41, 5.74) is 5.18. The van der Waals surface area contributed by atoms with E-state index in [2.05, 4.69) is 23.5 Å². The number of benzene rings is 2. The highest BCUT2D eigenvalue weighted by Gasteiger charge is 2.16. The van der Waals surface area contributed by atoms with Gasteiger partial charge in [-0.3, -0.25) is 0 Å². The largest absolute Gasteiger partial charge is 0.494 e. The fourth-order valence-corrected chi connectivity index (χ4v) is 3.60. The van der Waals surface area contributed by atoms with Crippen LogP contribution in [0.3, 0.4) is 0 Å². The lowest BCUT2D eigenvalue weighted by molar-refractivity contribution is 0.203. The molecule has 0 saturated carbocycles. The Kier molecular flexibility index (Phi) is 6.38. The van der Waals surface area contributed by atoms with Crippen LogP contribution in [0.5, 0.6) is 5.75 Å². The number of fused-ring (bicyclic) bond motifs is 1. The van der Waals surface area contributed by atoms with Crippen LogP contribution in [0.15, 0.2) is 42.5 Å². The number of amides is 2. The van der Waals surface area contributed by atoms with E-state index in [-0.39, 0.29) is 12.1 Å². The van der Waals surface area contributed by atoms with Crippen LogP contribution in [0.4, 0.5) is 4.79 Å². The average molecular weight is 367 g/mol. The molecule has 27 heavy (non-hydrogen) atoms. The van der Waals surface area contributed by atoms with Gasteiger partial charge in [0.15, 0.2) is 0 Å². The first-order valence-corrected chi connectivity index (χ1v) is 9.92. The molecule has 0 bridgehead atoms. The molecule has 0 radical (unpaired) electrons. The standard InChI is InChI=1S/C23H30N2O2/c1-4-27-22-13-9-18(10-14-22)16-25(3)23(26)24-17(2)20-12-11-19-7-5-6-8-21(19)15-20/h9-15,17H,4-8,16H2,1-3H3,(H,24,26). The Balaban J connectivity index is 1.57. The quantitative estimate of drug-likeness (QED) is 0.793. The summed E-state index contributed by atoms with van der Waals surface area (Å²) in [5, 5.41) is 3.12. The van der Waals surface area contributed by atoms with Gasteiger partial charge in [0.1, 0.15) is 5.75 Å². The van der Waals surface area contributed by atoms with E-state index in [0.717, 1.165) is 17.7 Å². The van der Waals surface area contributed by atoms with Crippen LogP contribution < -0.4 is 10.1 Å². The number of nitrogens with zero attached hydrogens (tertiary/aromatic N) is 1. The molecular formula is C23H30N2O2. The molecule has 2 aromatic carbocycles. The van der Waals surface area contributed by atoms with E-state index in [1.165, 1.54) is 36.0 Å². The number of ether oxygens (including phenoxy) is 1. The Labute approximate surface area is 162 Å². The number of nitrogens with one attached hydrogen (secondary N) is 1. The predicted molar refractivity (Wildman–Crippen MR) is 109 cm³/mol. The minimum absolute atomic E-state index is 0.00694. The molecule has 0 heterocycles. The molecular weight excluding hydrogens is 336 g/mol. The van der Waals surface area contributed by atoms with E-state index in [9.17, 15) is 4.79 Å². The van der Waals surface area contributed by atoms with Gasteiger partial charge in [-0.1, -0.05) is 30.3 Å². The summed E-state index contributed by atoms with van der Waals surface area (Å²) in [4.78, 5) is 14.3. The fourth-order valence-electron chi connectivity index (χ4n) is 3.60. The molecule has 1 atom stereocenters. The first kappa shape index (κ1) is 19.3. The van der Waals surface area contributed by atoms with Gasteiger partial charge < -0.3 is 15.0 Å². The number of carbonyl (C=O) groups is 1. The maximum absolute atomic E-state index is 12.6. The van der Waals surface area contributed by atoms with Gasteiger partial charge in [0.25, 0.3) is 0 Å².